The fourth-order valence-corrected chi connectivity index (χ4v) is 7.79. The zero-order chi connectivity index (χ0) is 19.9. The highest BCUT2D eigenvalue weighted by atomic mass is 16.5. The van der Waals surface area contributed by atoms with Gasteiger partial charge in [-0.2, -0.15) is 0 Å². The third-order valence-electron chi connectivity index (χ3n) is 9.40. The number of Topliss-reactive ketones (excluding diaryl/α,β-unsaturated/α-hetero) is 2. The van der Waals surface area contributed by atoms with Crippen LogP contribution in [0.1, 0.15) is 65.2 Å². The summed E-state index contributed by atoms with van der Waals surface area (Å²) in [6.45, 7) is 4.57. The molecule has 150 valence electrons. The van der Waals surface area contributed by atoms with Crippen molar-refractivity contribution >= 4 is 17.5 Å². The first-order valence-electron chi connectivity index (χ1n) is 10.8. The van der Waals surface area contributed by atoms with Gasteiger partial charge in [0, 0.05) is 25.2 Å². The quantitative estimate of drug-likeness (QED) is 0.504. The molecule has 0 aliphatic heterocycles. The van der Waals surface area contributed by atoms with Crippen LogP contribution in [0, 0.1) is 34.0 Å². The molecule has 5 rings (SSSR count). The third-order valence-corrected chi connectivity index (χ3v) is 9.40. The molecule has 0 aromatic carbocycles. The third kappa shape index (κ3) is 1.99. The summed E-state index contributed by atoms with van der Waals surface area (Å²) in [5.41, 5.74) is 1.96. The van der Waals surface area contributed by atoms with Crippen LogP contribution in [0.25, 0.3) is 0 Å². The highest BCUT2D eigenvalue weighted by Gasteiger charge is 2.68. The van der Waals surface area contributed by atoms with E-state index in [1.54, 1.807) is 0 Å². The molecular weight excluding hydrogens is 352 g/mol. The zero-order valence-electron chi connectivity index (χ0n) is 17.2. The fraction of sp³-hybridized carbons (Fsp3) is 0.708. The van der Waals surface area contributed by atoms with Crippen molar-refractivity contribution in [3.05, 3.63) is 23.3 Å². The highest BCUT2D eigenvalue weighted by molar-refractivity contribution is 5.93. The number of rotatable bonds is 1. The van der Waals surface area contributed by atoms with E-state index in [1.165, 1.54) is 12.7 Å². The van der Waals surface area contributed by atoms with Gasteiger partial charge in [0.05, 0.1) is 18.4 Å². The molecule has 0 aromatic rings. The molecular formula is C24H30O4. The maximum Gasteiger partial charge on any atom is 0.313 e. The van der Waals surface area contributed by atoms with Crippen molar-refractivity contribution in [3.63, 3.8) is 0 Å². The molecule has 0 aromatic heterocycles. The van der Waals surface area contributed by atoms with Crippen LogP contribution in [0.4, 0.5) is 0 Å². The first-order valence-corrected chi connectivity index (χ1v) is 10.8. The molecule has 0 radical (unpaired) electrons. The summed E-state index contributed by atoms with van der Waals surface area (Å²) < 4.78 is 5.21. The monoisotopic (exact) mass is 382 g/mol. The van der Waals surface area contributed by atoms with Gasteiger partial charge in [0.25, 0.3) is 0 Å². The van der Waals surface area contributed by atoms with Crippen molar-refractivity contribution in [2.75, 3.05) is 7.11 Å². The van der Waals surface area contributed by atoms with Crippen molar-refractivity contribution in [2.45, 2.75) is 65.2 Å². The largest absolute Gasteiger partial charge is 0.469 e. The number of carbonyl (C=O) groups excluding carboxylic acids is 3. The summed E-state index contributed by atoms with van der Waals surface area (Å²) in [6.07, 6.45) is 10.7. The van der Waals surface area contributed by atoms with Crippen molar-refractivity contribution in [2.24, 2.45) is 34.0 Å². The van der Waals surface area contributed by atoms with Gasteiger partial charge in [-0.15, -0.1) is 0 Å². The Morgan fingerprint density at radius 2 is 1.93 bits per heavy atom. The second kappa shape index (κ2) is 5.67. The Kier molecular flexibility index (Phi) is 3.71. The molecule has 6 atom stereocenters. The maximum atomic E-state index is 13.2. The lowest BCUT2D eigenvalue weighted by Gasteiger charge is -2.57. The van der Waals surface area contributed by atoms with Crippen LogP contribution >= 0.6 is 0 Å². The van der Waals surface area contributed by atoms with Crippen LogP contribution < -0.4 is 0 Å². The fourth-order valence-electron chi connectivity index (χ4n) is 7.79. The number of fused-ring (bicyclic) bond motifs is 4. The Balaban J connectivity index is 1.67. The second-order valence-corrected chi connectivity index (χ2v) is 10.3. The summed E-state index contributed by atoms with van der Waals surface area (Å²) in [6, 6.07) is 0. The lowest BCUT2D eigenvalue weighted by molar-refractivity contribution is -0.149. The average Bonchev–Trinajstić information content (AvgIpc) is 3.11. The van der Waals surface area contributed by atoms with Gasteiger partial charge < -0.3 is 4.74 Å². The number of ether oxygens (including phenoxy) is 1. The van der Waals surface area contributed by atoms with E-state index in [2.05, 4.69) is 26.0 Å². The summed E-state index contributed by atoms with van der Waals surface area (Å²) in [5, 5.41) is 0. The van der Waals surface area contributed by atoms with E-state index in [0.29, 0.717) is 31.0 Å². The van der Waals surface area contributed by atoms with Crippen LogP contribution in [-0.4, -0.2) is 24.6 Å². The van der Waals surface area contributed by atoms with Crippen molar-refractivity contribution in [3.8, 4) is 0 Å². The van der Waals surface area contributed by atoms with E-state index >= 15 is 0 Å². The molecule has 0 bridgehead atoms. The summed E-state index contributed by atoms with van der Waals surface area (Å²) >= 11 is 0. The topological polar surface area (TPSA) is 60.4 Å². The van der Waals surface area contributed by atoms with Crippen LogP contribution in [0.2, 0.25) is 0 Å². The number of esters is 1. The SMILES string of the molecule is COC(=O)[C@@H]1C=C2CC(=O)CCC2(C)C2CCC34C(=O)CC[C@]3(C)CC=C4C21. The van der Waals surface area contributed by atoms with Gasteiger partial charge in [-0.25, -0.2) is 0 Å². The maximum absolute atomic E-state index is 13.2. The van der Waals surface area contributed by atoms with Crippen LogP contribution in [0.5, 0.6) is 0 Å². The normalized spacial score (nSPS) is 46.8. The molecule has 0 N–H and O–H groups in total. The van der Waals surface area contributed by atoms with E-state index in [-0.39, 0.29) is 39.8 Å². The van der Waals surface area contributed by atoms with Crippen molar-refractivity contribution in [1.29, 1.82) is 0 Å². The summed E-state index contributed by atoms with van der Waals surface area (Å²) in [4.78, 5) is 38.3. The number of methoxy groups -OCH3 is 1. The predicted octanol–water partition coefficient (Wildman–Crippen LogP) is 4.19. The van der Waals surface area contributed by atoms with Gasteiger partial charge in [-0.3, -0.25) is 14.4 Å². The lowest BCUT2D eigenvalue weighted by atomic mass is 9.45. The first kappa shape index (κ1) is 18.3. The number of ketones is 2. The molecule has 5 aliphatic rings. The predicted molar refractivity (Wildman–Crippen MR) is 104 cm³/mol. The standard InChI is InChI=1S/C24H30O4/c1-22-8-5-18-20-16(21(27)28-3)13-14-12-15(25)4-10-23(14,2)17(20)6-11-24(18,22)19(26)7-9-22/h5,13,16-17,20H,4,6-12H2,1-3H3/t16-,17?,20?,22+,23?,24?/m1/s1. The van der Waals surface area contributed by atoms with E-state index in [1.807, 2.05) is 0 Å². The average molecular weight is 383 g/mol. The summed E-state index contributed by atoms with van der Waals surface area (Å²) in [5.74, 6) is 0.406. The molecule has 3 saturated carbocycles. The van der Waals surface area contributed by atoms with Crippen molar-refractivity contribution < 1.29 is 19.1 Å². The Morgan fingerprint density at radius 3 is 2.68 bits per heavy atom. The Morgan fingerprint density at radius 1 is 1.14 bits per heavy atom. The first-order chi connectivity index (χ1) is 13.3. The Bertz CT molecular complexity index is 851. The molecule has 4 heteroatoms. The highest BCUT2D eigenvalue weighted by Crippen LogP contribution is 2.71. The smallest absolute Gasteiger partial charge is 0.313 e. The van der Waals surface area contributed by atoms with Crippen molar-refractivity contribution in [1.82, 2.24) is 0 Å². The number of carbonyl (C=O) groups is 3. The molecule has 0 amide bonds. The van der Waals surface area contributed by atoms with E-state index in [4.69, 9.17) is 4.74 Å². The Hall–Kier alpha value is -1.71. The van der Waals surface area contributed by atoms with Gasteiger partial charge in [0.1, 0.15) is 11.6 Å². The minimum absolute atomic E-state index is 0.0124. The van der Waals surface area contributed by atoms with Gasteiger partial charge in [0.15, 0.2) is 0 Å². The molecule has 5 aliphatic carbocycles. The summed E-state index contributed by atoms with van der Waals surface area (Å²) in [7, 11) is 1.45. The number of hydrogen-bond acceptors (Lipinski definition) is 4. The van der Waals surface area contributed by atoms with Gasteiger partial charge in [0.2, 0.25) is 0 Å². The van der Waals surface area contributed by atoms with Crippen LogP contribution in [0.15, 0.2) is 23.3 Å². The van der Waals surface area contributed by atoms with Gasteiger partial charge in [-0.05, 0) is 48.9 Å². The van der Waals surface area contributed by atoms with E-state index in [9.17, 15) is 14.4 Å². The molecule has 3 fully saturated rings. The molecule has 4 unspecified atom stereocenters. The number of hydrogen-bond donors (Lipinski definition) is 0. The molecule has 4 nitrogen and oxygen atoms in total. The van der Waals surface area contributed by atoms with Gasteiger partial charge in [-0.1, -0.05) is 37.1 Å². The Labute approximate surface area is 166 Å². The van der Waals surface area contributed by atoms with E-state index < -0.39 is 0 Å². The number of allylic oxidation sites excluding steroid dienone is 3. The molecule has 1 spiro atoms. The second-order valence-electron chi connectivity index (χ2n) is 10.3. The minimum Gasteiger partial charge on any atom is -0.469 e. The van der Waals surface area contributed by atoms with Crippen LogP contribution in [-0.2, 0) is 19.1 Å². The van der Waals surface area contributed by atoms with Crippen LogP contribution in [0.3, 0.4) is 0 Å². The molecule has 28 heavy (non-hydrogen) atoms. The molecule has 0 heterocycles. The van der Waals surface area contributed by atoms with E-state index in [0.717, 1.165) is 37.7 Å². The van der Waals surface area contributed by atoms with Gasteiger partial charge >= 0.3 is 5.97 Å². The minimum atomic E-state index is -0.372. The zero-order valence-corrected chi connectivity index (χ0v) is 17.2. The lowest BCUT2D eigenvalue weighted by Crippen LogP contribution is -2.54. The molecule has 0 saturated heterocycles.